The molecule has 0 saturated carbocycles. The number of hydrogen-bond acceptors (Lipinski definition) is 10. The van der Waals surface area contributed by atoms with Gasteiger partial charge in [0.2, 0.25) is 5.91 Å². The van der Waals surface area contributed by atoms with Gasteiger partial charge in [-0.25, -0.2) is 0 Å². The van der Waals surface area contributed by atoms with Crippen molar-refractivity contribution in [1.82, 2.24) is 5.32 Å². The van der Waals surface area contributed by atoms with Crippen LogP contribution in [0.5, 0.6) is 0 Å². The number of rotatable bonds is 46. The zero-order valence-corrected chi connectivity index (χ0v) is 42.2. The number of carbonyl (C=O) groups excluding carboxylic acids is 2. The minimum atomic E-state index is -1.58. The molecule has 1 heterocycles. The van der Waals surface area contributed by atoms with Crippen LogP contribution >= 0.6 is 0 Å². The second-order valence-corrected chi connectivity index (χ2v) is 18.9. The van der Waals surface area contributed by atoms with E-state index >= 15 is 0 Å². The Hall–Kier alpha value is -2.12. The summed E-state index contributed by atoms with van der Waals surface area (Å²) in [6, 6.07) is -0.837. The molecule has 11 heteroatoms. The van der Waals surface area contributed by atoms with Gasteiger partial charge in [0.1, 0.15) is 24.4 Å². The van der Waals surface area contributed by atoms with Crippen LogP contribution in [0.2, 0.25) is 0 Å². The number of unbranched alkanes of at least 4 members (excludes halogenated alkanes) is 28. The molecule has 0 aromatic carbocycles. The predicted octanol–water partition coefficient (Wildman–Crippen LogP) is 11.6. The minimum Gasteiger partial charge on any atom is -0.466 e. The smallest absolute Gasteiger partial charge is 0.305 e. The molecule has 1 amide bonds. The van der Waals surface area contributed by atoms with Crippen LogP contribution < -0.4 is 5.32 Å². The summed E-state index contributed by atoms with van der Waals surface area (Å²) >= 11 is 0. The maximum absolute atomic E-state index is 13.0. The zero-order valence-electron chi connectivity index (χ0n) is 42.2. The summed E-state index contributed by atoms with van der Waals surface area (Å²) < 4.78 is 16.6. The second kappa shape index (κ2) is 45.3. The molecule has 1 aliphatic rings. The number of esters is 1. The highest BCUT2D eigenvalue weighted by Gasteiger charge is 2.44. The molecule has 66 heavy (non-hydrogen) atoms. The van der Waals surface area contributed by atoms with Crippen molar-refractivity contribution in [3.05, 3.63) is 36.5 Å². The molecule has 7 atom stereocenters. The number of allylic oxidation sites excluding steroid dienone is 5. The third kappa shape index (κ3) is 35.1. The van der Waals surface area contributed by atoms with Crippen LogP contribution in [0.1, 0.15) is 239 Å². The Balaban J connectivity index is 2.10. The summed E-state index contributed by atoms with van der Waals surface area (Å²) in [5, 5.41) is 54.1. The summed E-state index contributed by atoms with van der Waals surface area (Å²) in [7, 11) is 0. The predicted molar refractivity (Wildman–Crippen MR) is 269 cm³/mol. The molecule has 6 N–H and O–H groups in total. The van der Waals surface area contributed by atoms with Gasteiger partial charge in [-0.3, -0.25) is 9.59 Å². The van der Waals surface area contributed by atoms with Crippen molar-refractivity contribution in [3.63, 3.8) is 0 Å². The van der Waals surface area contributed by atoms with Gasteiger partial charge < -0.3 is 45.1 Å². The standard InChI is InChI=1S/C55H101NO10/c1-3-5-7-9-11-13-22-27-31-35-39-43-51(60)64-44-40-36-32-28-24-21-19-17-15-16-18-20-23-26-30-34-38-42-50(59)56-47(46-65-55-54(63)53(62)52(61)49(45-57)66-55)48(58)41-37-33-29-25-14-12-10-8-6-4-2/h6,8,14,25,37,41,47-49,52-55,57-58,61-63H,3-5,7,9-13,15-24,26-36,38-40,42-46H2,1-2H3,(H,56,59)/b8-6+,25-14+,41-37+. The number of nitrogens with one attached hydrogen (secondary N) is 1. The Morgan fingerprint density at radius 3 is 1.48 bits per heavy atom. The first-order chi connectivity index (χ1) is 32.2. The van der Waals surface area contributed by atoms with Crippen LogP contribution in [-0.4, -0.2) is 100 Å². The molecule has 0 aromatic rings. The molecule has 0 radical (unpaired) electrons. The number of carbonyl (C=O) groups is 2. The van der Waals surface area contributed by atoms with Gasteiger partial charge in [-0.1, -0.05) is 211 Å². The number of aliphatic hydroxyl groups is 5. The van der Waals surface area contributed by atoms with E-state index < -0.39 is 49.5 Å². The summed E-state index contributed by atoms with van der Waals surface area (Å²) in [6.45, 7) is 4.17. The monoisotopic (exact) mass is 936 g/mol. The molecule has 11 nitrogen and oxygen atoms in total. The molecule has 386 valence electrons. The van der Waals surface area contributed by atoms with Crippen molar-refractivity contribution in [2.75, 3.05) is 19.8 Å². The van der Waals surface area contributed by atoms with E-state index in [1.807, 2.05) is 6.08 Å². The second-order valence-electron chi connectivity index (χ2n) is 18.9. The van der Waals surface area contributed by atoms with E-state index in [-0.39, 0.29) is 18.5 Å². The Labute approximate surface area is 403 Å². The molecule has 0 spiro atoms. The van der Waals surface area contributed by atoms with Crippen molar-refractivity contribution in [1.29, 1.82) is 0 Å². The van der Waals surface area contributed by atoms with Crippen LogP contribution in [-0.2, 0) is 23.8 Å². The Kier molecular flexibility index (Phi) is 42.5. The van der Waals surface area contributed by atoms with Gasteiger partial charge in [0.05, 0.1) is 32.0 Å². The summed E-state index contributed by atoms with van der Waals surface area (Å²) in [6.07, 6.45) is 43.8. The minimum absolute atomic E-state index is 0.0136. The van der Waals surface area contributed by atoms with E-state index in [1.54, 1.807) is 6.08 Å². The van der Waals surface area contributed by atoms with Gasteiger partial charge in [0, 0.05) is 12.8 Å². The highest BCUT2D eigenvalue weighted by Crippen LogP contribution is 2.23. The molecule has 0 aliphatic carbocycles. The summed E-state index contributed by atoms with van der Waals surface area (Å²) in [5.74, 6) is -0.218. The maximum Gasteiger partial charge on any atom is 0.305 e. The van der Waals surface area contributed by atoms with Gasteiger partial charge in [-0.15, -0.1) is 0 Å². The number of amides is 1. The van der Waals surface area contributed by atoms with E-state index in [9.17, 15) is 35.1 Å². The Bertz CT molecular complexity index is 1190. The van der Waals surface area contributed by atoms with E-state index in [0.717, 1.165) is 83.5 Å². The van der Waals surface area contributed by atoms with Crippen LogP contribution in [0.3, 0.4) is 0 Å². The van der Waals surface area contributed by atoms with Gasteiger partial charge in [0.25, 0.3) is 0 Å². The van der Waals surface area contributed by atoms with Crippen LogP contribution in [0.15, 0.2) is 36.5 Å². The third-order valence-electron chi connectivity index (χ3n) is 12.7. The molecular formula is C55H101NO10. The van der Waals surface area contributed by atoms with Crippen molar-refractivity contribution in [2.45, 2.75) is 281 Å². The molecule has 0 bridgehead atoms. The van der Waals surface area contributed by atoms with Crippen molar-refractivity contribution >= 4 is 11.9 Å². The SMILES string of the molecule is CC/C=C/CC/C=C/CC/C=C/C(O)C(COC1OC(CO)C(O)C(O)C1O)NC(=O)CCCCCCCCCCCCCCCCCCCOC(=O)CCCCCCCCCCCCC. The van der Waals surface area contributed by atoms with Crippen LogP contribution in [0.25, 0.3) is 0 Å². The summed E-state index contributed by atoms with van der Waals surface area (Å²) in [4.78, 5) is 25.0. The fourth-order valence-corrected chi connectivity index (χ4v) is 8.41. The zero-order chi connectivity index (χ0) is 48.1. The van der Waals surface area contributed by atoms with Crippen molar-refractivity contribution in [2.24, 2.45) is 0 Å². The average Bonchev–Trinajstić information content (AvgIpc) is 3.31. The van der Waals surface area contributed by atoms with Crippen LogP contribution in [0, 0.1) is 0 Å². The van der Waals surface area contributed by atoms with Gasteiger partial charge >= 0.3 is 5.97 Å². The van der Waals surface area contributed by atoms with E-state index in [4.69, 9.17) is 14.2 Å². The lowest BCUT2D eigenvalue weighted by atomic mass is 9.99. The Morgan fingerprint density at radius 1 is 0.561 bits per heavy atom. The topological polar surface area (TPSA) is 175 Å². The number of aliphatic hydroxyl groups excluding tert-OH is 5. The van der Waals surface area contributed by atoms with Gasteiger partial charge in [0.15, 0.2) is 6.29 Å². The van der Waals surface area contributed by atoms with Gasteiger partial charge in [-0.05, 0) is 51.4 Å². The maximum atomic E-state index is 13.0. The van der Waals surface area contributed by atoms with Gasteiger partial charge in [-0.2, -0.15) is 0 Å². The largest absolute Gasteiger partial charge is 0.466 e. The highest BCUT2D eigenvalue weighted by molar-refractivity contribution is 5.76. The van der Waals surface area contributed by atoms with E-state index in [1.165, 1.54) is 128 Å². The quantitative estimate of drug-likeness (QED) is 0.0196. The average molecular weight is 936 g/mol. The van der Waals surface area contributed by atoms with E-state index in [0.29, 0.717) is 19.4 Å². The lowest BCUT2D eigenvalue weighted by Gasteiger charge is -2.40. The summed E-state index contributed by atoms with van der Waals surface area (Å²) in [5.41, 5.74) is 0. The van der Waals surface area contributed by atoms with Crippen molar-refractivity contribution in [3.8, 4) is 0 Å². The number of ether oxygens (including phenoxy) is 3. The lowest BCUT2D eigenvalue weighted by molar-refractivity contribution is -0.302. The molecule has 0 aromatic heterocycles. The normalized spacial score (nSPS) is 19.9. The molecular weight excluding hydrogens is 835 g/mol. The first-order valence-electron chi connectivity index (χ1n) is 27.3. The first kappa shape index (κ1) is 61.9. The Morgan fingerprint density at radius 2 is 1.00 bits per heavy atom. The molecule has 1 fully saturated rings. The molecule has 1 rings (SSSR count). The fraction of sp³-hybridized carbons (Fsp3) is 0.855. The first-order valence-corrected chi connectivity index (χ1v) is 27.3. The molecule has 1 aliphatic heterocycles. The van der Waals surface area contributed by atoms with Crippen molar-refractivity contribution < 1.29 is 49.3 Å². The van der Waals surface area contributed by atoms with E-state index in [2.05, 4.69) is 43.5 Å². The lowest BCUT2D eigenvalue weighted by Crippen LogP contribution is -2.60. The highest BCUT2D eigenvalue weighted by atomic mass is 16.7. The third-order valence-corrected chi connectivity index (χ3v) is 12.7. The molecule has 1 saturated heterocycles. The molecule has 7 unspecified atom stereocenters. The fourth-order valence-electron chi connectivity index (χ4n) is 8.41. The number of hydrogen-bond donors (Lipinski definition) is 6. The van der Waals surface area contributed by atoms with Crippen LogP contribution in [0.4, 0.5) is 0 Å².